The van der Waals surface area contributed by atoms with E-state index in [1.165, 1.54) is 14.5 Å². The van der Waals surface area contributed by atoms with Crippen molar-refractivity contribution >= 4 is 50.8 Å². The van der Waals surface area contributed by atoms with Gasteiger partial charge in [-0.1, -0.05) is 29.8 Å². The molecule has 0 bridgehead atoms. The third-order valence-electron chi connectivity index (χ3n) is 3.07. The maximum atomic E-state index is 5.99. The van der Waals surface area contributed by atoms with E-state index in [-0.39, 0.29) is 0 Å². The van der Waals surface area contributed by atoms with Crippen molar-refractivity contribution in [3.63, 3.8) is 0 Å². The molecule has 0 amide bonds. The average molecular weight is 383 g/mol. The van der Waals surface area contributed by atoms with Crippen molar-refractivity contribution in [2.45, 2.75) is 6.54 Å². The number of hydrogen-bond acceptors (Lipinski definition) is 1. The minimum Gasteiger partial charge on any atom is -0.380 e. The van der Waals surface area contributed by atoms with Gasteiger partial charge in [0.25, 0.3) is 0 Å². The van der Waals surface area contributed by atoms with Gasteiger partial charge < -0.3 is 10.3 Å². The lowest BCUT2D eigenvalue weighted by Gasteiger charge is -2.07. The zero-order chi connectivity index (χ0) is 13.2. The molecule has 0 aliphatic heterocycles. The van der Waals surface area contributed by atoms with Gasteiger partial charge in [-0.25, -0.2) is 0 Å². The third-order valence-corrected chi connectivity index (χ3v) is 4.25. The van der Waals surface area contributed by atoms with E-state index < -0.39 is 0 Å². The maximum absolute atomic E-state index is 5.99. The fourth-order valence-electron chi connectivity index (χ4n) is 2.10. The summed E-state index contributed by atoms with van der Waals surface area (Å²) in [5, 5.41) is 5.43. The summed E-state index contributed by atoms with van der Waals surface area (Å²) < 4.78 is 1.22. The SMILES string of the molecule is Clc1ccc2c(CNc3ccccc3I)c[nH]c2c1. The number of fused-ring (bicyclic) bond motifs is 1. The van der Waals surface area contributed by atoms with Crippen LogP contribution in [-0.2, 0) is 6.54 Å². The zero-order valence-electron chi connectivity index (χ0n) is 10.1. The molecule has 3 aromatic rings. The first-order valence-electron chi connectivity index (χ1n) is 5.98. The summed E-state index contributed by atoms with van der Waals surface area (Å²) in [5.41, 5.74) is 3.48. The molecule has 0 radical (unpaired) electrons. The van der Waals surface area contributed by atoms with Gasteiger partial charge in [0, 0.05) is 37.9 Å². The van der Waals surface area contributed by atoms with Crippen molar-refractivity contribution in [3.8, 4) is 0 Å². The highest BCUT2D eigenvalue weighted by Crippen LogP contribution is 2.24. The lowest BCUT2D eigenvalue weighted by atomic mass is 10.2. The van der Waals surface area contributed by atoms with E-state index in [9.17, 15) is 0 Å². The van der Waals surface area contributed by atoms with Crippen molar-refractivity contribution in [2.24, 2.45) is 0 Å². The molecule has 2 N–H and O–H groups in total. The number of rotatable bonds is 3. The molecule has 19 heavy (non-hydrogen) atoms. The summed E-state index contributed by atoms with van der Waals surface area (Å²) in [6.45, 7) is 0.793. The summed E-state index contributed by atoms with van der Waals surface area (Å²) in [7, 11) is 0. The summed E-state index contributed by atoms with van der Waals surface area (Å²) >= 11 is 8.32. The standard InChI is InChI=1S/C15H12ClIN2/c16-11-5-6-12-10(9-19-15(12)7-11)8-18-14-4-2-1-3-13(14)17/h1-7,9,18-19H,8H2. The van der Waals surface area contributed by atoms with Crippen LogP contribution >= 0.6 is 34.2 Å². The second-order valence-electron chi connectivity index (χ2n) is 4.34. The Morgan fingerprint density at radius 3 is 2.84 bits per heavy atom. The van der Waals surface area contributed by atoms with Gasteiger partial charge in [-0.2, -0.15) is 0 Å². The highest BCUT2D eigenvalue weighted by molar-refractivity contribution is 14.1. The van der Waals surface area contributed by atoms with Crippen LogP contribution in [0.25, 0.3) is 10.9 Å². The Bertz CT molecular complexity index is 721. The highest BCUT2D eigenvalue weighted by atomic mass is 127. The number of hydrogen-bond donors (Lipinski definition) is 2. The normalized spacial score (nSPS) is 10.8. The second-order valence-corrected chi connectivity index (χ2v) is 5.94. The predicted octanol–water partition coefficient (Wildman–Crippen LogP) is 5.04. The molecule has 1 aromatic heterocycles. The van der Waals surface area contributed by atoms with Gasteiger partial charge in [0.2, 0.25) is 0 Å². The Morgan fingerprint density at radius 1 is 1.16 bits per heavy atom. The van der Waals surface area contributed by atoms with Gasteiger partial charge >= 0.3 is 0 Å². The molecule has 2 aromatic carbocycles. The number of halogens is 2. The van der Waals surface area contributed by atoms with Crippen LogP contribution in [0, 0.1) is 3.57 Å². The molecule has 3 rings (SSSR count). The lowest BCUT2D eigenvalue weighted by molar-refractivity contribution is 1.16. The third kappa shape index (κ3) is 2.72. The Hall–Kier alpha value is -1.20. The van der Waals surface area contributed by atoms with Gasteiger partial charge in [-0.3, -0.25) is 0 Å². The predicted molar refractivity (Wildman–Crippen MR) is 89.8 cm³/mol. The average Bonchev–Trinajstić information content (AvgIpc) is 2.80. The fraction of sp³-hybridized carbons (Fsp3) is 0.0667. The molecule has 1 heterocycles. The van der Waals surface area contributed by atoms with E-state index in [0.29, 0.717) is 0 Å². The second kappa shape index (κ2) is 5.43. The Morgan fingerprint density at radius 2 is 2.00 bits per heavy atom. The molecule has 0 saturated carbocycles. The van der Waals surface area contributed by atoms with Crippen LogP contribution in [0.4, 0.5) is 5.69 Å². The van der Waals surface area contributed by atoms with Crippen molar-refractivity contribution in [1.29, 1.82) is 0 Å². The number of anilines is 1. The zero-order valence-corrected chi connectivity index (χ0v) is 13.0. The minimum absolute atomic E-state index is 0.756. The summed E-state index contributed by atoms with van der Waals surface area (Å²) in [6.07, 6.45) is 2.03. The van der Waals surface area contributed by atoms with Gasteiger partial charge in [0.1, 0.15) is 0 Å². The number of aromatic nitrogens is 1. The van der Waals surface area contributed by atoms with E-state index in [4.69, 9.17) is 11.6 Å². The monoisotopic (exact) mass is 382 g/mol. The Labute approximate surface area is 130 Å². The van der Waals surface area contributed by atoms with Crippen molar-refractivity contribution in [2.75, 3.05) is 5.32 Å². The molecule has 2 nitrogen and oxygen atoms in total. The number of nitrogens with one attached hydrogen (secondary N) is 2. The van der Waals surface area contributed by atoms with Gasteiger partial charge in [0.15, 0.2) is 0 Å². The van der Waals surface area contributed by atoms with E-state index in [1.807, 2.05) is 30.5 Å². The fourth-order valence-corrected chi connectivity index (χ4v) is 2.85. The van der Waals surface area contributed by atoms with Crippen LogP contribution in [0.2, 0.25) is 5.02 Å². The van der Waals surface area contributed by atoms with Crippen LogP contribution in [0.15, 0.2) is 48.7 Å². The van der Waals surface area contributed by atoms with Crippen LogP contribution in [-0.4, -0.2) is 4.98 Å². The Balaban J connectivity index is 1.84. The Kier molecular flexibility index (Phi) is 3.66. The van der Waals surface area contributed by atoms with Crippen LogP contribution in [0.1, 0.15) is 5.56 Å². The summed E-state index contributed by atoms with van der Waals surface area (Å²) in [6, 6.07) is 14.2. The topological polar surface area (TPSA) is 27.8 Å². The largest absolute Gasteiger partial charge is 0.380 e. The number of H-pyrrole nitrogens is 1. The van der Waals surface area contributed by atoms with E-state index >= 15 is 0 Å². The van der Waals surface area contributed by atoms with Crippen molar-refractivity contribution in [1.82, 2.24) is 4.98 Å². The first kappa shape index (κ1) is 12.8. The molecule has 0 aliphatic rings. The summed E-state index contributed by atoms with van der Waals surface area (Å²) in [4.78, 5) is 3.25. The van der Waals surface area contributed by atoms with Crippen LogP contribution in [0.5, 0.6) is 0 Å². The van der Waals surface area contributed by atoms with Gasteiger partial charge in [-0.05, 0) is 52.4 Å². The first-order chi connectivity index (χ1) is 9.24. The maximum Gasteiger partial charge on any atom is 0.0478 e. The molecule has 0 atom stereocenters. The molecule has 96 valence electrons. The molecule has 0 spiro atoms. The van der Waals surface area contributed by atoms with Gasteiger partial charge in [0.05, 0.1) is 0 Å². The van der Waals surface area contributed by atoms with Gasteiger partial charge in [-0.15, -0.1) is 0 Å². The number of benzene rings is 2. The van der Waals surface area contributed by atoms with Crippen molar-refractivity contribution < 1.29 is 0 Å². The van der Waals surface area contributed by atoms with E-state index in [0.717, 1.165) is 22.8 Å². The smallest absolute Gasteiger partial charge is 0.0478 e. The lowest BCUT2D eigenvalue weighted by Crippen LogP contribution is -2.00. The molecule has 4 heteroatoms. The molecule has 0 aliphatic carbocycles. The number of aromatic amines is 1. The van der Waals surface area contributed by atoms with E-state index in [2.05, 4.69) is 51.1 Å². The molecule has 0 unspecified atom stereocenters. The van der Waals surface area contributed by atoms with Crippen molar-refractivity contribution in [3.05, 3.63) is 62.8 Å². The van der Waals surface area contributed by atoms with Crippen LogP contribution < -0.4 is 5.32 Å². The highest BCUT2D eigenvalue weighted by Gasteiger charge is 2.04. The number of para-hydroxylation sites is 1. The quantitative estimate of drug-likeness (QED) is 0.610. The van der Waals surface area contributed by atoms with E-state index in [1.54, 1.807) is 0 Å². The summed E-state index contributed by atoms with van der Waals surface area (Å²) in [5.74, 6) is 0. The molecular weight excluding hydrogens is 371 g/mol. The molecule has 0 saturated heterocycles. The van der Waals surface area contributed by atoms with Crippen LogP contribution in [0.3, 0.4) is 0 Å². The first-order valence-corrected chi connectivity index (χ1v) is 7.43. The molecular formula is C15H12ClIN2. The minimum atomic E-state index is 0.756. The molecule has 0 fully saturated rings.